The lowest BCUT2D eigenvalue weighted by atomic mass is 9.32. The number of nitrogens with zero attached hydrogens (tertiary/aromatic N) is 3. The van der Waals surface area contributed by atoms with E-state index in [0.717, 1.165) is 16.5 Å². The number of hydrogen-bond donors (Lipinski definition) is 1. The summed E-state index contributed by atoms with van der Waals surface area (Å²) in [6, 6.07) is 7.21. The van der Waals surface area contributed by atoms with Crippen molar-refractivity contribution < 1.29 is 18.8 Å². The van der Waals surface area contributed by atoms with Crippen LogP contribution in [-0.4, -0.2) is 40.2 Å². The number of amides is 3. The highest BCUT2D eigenvalue weighted by atomic mass is 35.5. The van der Waals surface area contributed by atoms with E-state index < -0.39 is 28.6 Å². The van der Waals surface area contributed by atoms with Crippen LogP contribution in [0.1, 0.15) is 24.8 Å². The van der Waals surface area contributed by atoms with Gasteiger partial charge in [0, 0.05) is 23.2 Å². The number of halogens is 3. The van der Waals surface area contributed by atoms with Gasteiger partial charge in [-0.05, 0) is 43.0 Å². The second-order valence-corrected chi connectivity index (χ2v) is 9.84. The average Bonchev–Trinajstić information content (AvgIpc) is 2.66. The van der Waals surface area contributed by atoms with Gasteiger partial charge in [-0.2, -0.15) is 0 Å². The van der Waals surface area contributed by atoms with Crippen molar-refractivity contribution >= 4 is 46.7 Å². The maximum absolute atomic E-state index is 14.6. The normalized spacial score (nSPS) is 28.9. The molecule has 0 spiro atoms. The minimum atomic E-state index is -0.850. The largest absolute Gasteiger partial charge is 0.369 e. The van der Waals surface area contributed by atoms with Crippen LogP contribution in [0.15, 0.2) is 36.5 Å². The minimum absolute atomic E-state index is 0.0887. The van der Waals surface area contributed by atoms with E-state index in [1.54, 1.807) is 24.3 Å². The third-order valence-electron chi connectivity index (χ3n) is 6.91. The molecule has 3 amide bonds. The van der Waals surface area contributed by atoms with Crippen LogP contribution in [0.25, 0.3) is 0 Å². The molecule has 3 saturated carbocycles. The van der Waals surface area contributed by atoms with Gasteiger partial charge < -0.3 is 10.6 Å². The zero-order chi connectivity index (χ0) is 22.8. The second kappa shape index (κ2) is 7.15. The number of benzene rings is 1. The number of carbonyl (C=O) groups excluding carboxylic acids is 3. The Morgan fingerprint density at radius 1 is 1.16 bits per heavy atom. The molecule has 2 heterocycles. The molecule has 4 fully saturated rings. The molecule has 4 aliphatic rings. The molecule has 0 unspecified atom stereocenters. The van der Waals surface area contributed by atoms with Crippen LogP contribution in [0.2, 0.25) is 10.0 Å². The van der Waals surface area contributed by atoms with Gasteiger partial charge in [-0.15, -0.1) is 0 Å². The molecule has 166 valence electrons. The first-order chi connectivity index (χ1) is 15.1. The minimum Gasteiger partial charge on any atom is -0.369 e. The molecule has 3 aliphatic carbocycles. The SMILES string of the molecule is NC(=O)C12CC([C@@H]3C(=O)N(c4ncc(Cl)cc4F)CC(=O)N3Cc3ccc(Cl)cc3)(C1)C2. The summed E-state index contributed by atoms with van der Waals surface area (Å²) in [6.45, 7) is -0.145. The Bertz CT molecular complexity index is 1140. The molecule has 2 bridgehead atoms. The van der Waals surface area contributed by atoms with Crippen LogP contribution in [0.5, 0.6) is 0 Å². The van der Waals surface area contributed by atoms with E-state index in [2.05, 4.69) is 4.98 Å². The van der Waals surface area contributed by atoms with E-state index in [0.29, 0.717) is 24.3 Å². The molecule has 1 aliphatic heterocycles. The quantitative estimate of drug-likeness (QED) is 0.717. The Labute approximate surface area is 193 Å². The molecule has 2 aromatic rings. The molecule has 1 atom stereocenters. The van der Waals surface area contributed by atoms with Crippen molar-refractivity contribution in [3.63, 3.8) is 0 Å². The van der Waals surface area contributed by atoms with Crippen molar-refractivity contribution in [3.8, 4) is 0 Å². The molecule has 6 rings (SSSR count). The van der Waals surface area contributed by atoms with Gasteiger partial charge in [0.15, 0.2) is 11.6 Å². The summed E-state index contributed by atoms with van der Waals surface area (Å²) in [5.74, 6) is -2.17. The molecular weight excluding hydrogens is 458 g/mol. The zero-order valence-electron chi connectivity index (χ0n) is 16.9. The fourth-order valence-electron chi connectivity index (χ4n) is 5.49. The summed E-state index contributed by atoms with van der Waals surface area (Å²) >= 11 is 11.8. The number of carbonyl (C=O) groups is 3. The van der Waals surface area contributed by atoms with E-state index in [4.69, 9.17) is 28.9 Å². The molecule has 1 aromatic heterocycles. The predicted octanol–water partition coefficient (Wildman–Crippen LogP) is 2.93. The zero-order valence-corrected chi connectivity index (χ0v) is 18.4. The van der Waals surface area contributed by atoms with E-state index in [-0.39, 0.29) is 35.7 Å². The number of piperazine rings is 1. The molecule has 10 heteroatoms. The number of primary amides is 1. The number of nitrogens with two attached hydrogens (primary N) is 1. The van der Waals surface area contributed by atoms with Crippen molar-refractivity contribution in [2.24, 2.45) is 16.6 Å². The third-order valence-corrected chi connectivity index (χ3v) is 7.37. The van der Waals surface area contributed by atoms with E-state index >= 15 is 0 Å². The van der Waals surface area contributed by atoms with Crippen LogP contribution in [-0.2, 0) is 20.9 Å². The average molecular weight is 477 g/mol. The highest BCUT2D eigenvalue weighted by Gasteiger charge is 2.76. The highest BCUT2D eigenvalue weighted by molar-refractivity contribution is 6.30. The second-order valence-electron chi connectivity index (χ2n) is 8.97. The molecule has 1 saturated heterocycles. The Morgan fingerprint density at radius 3 is 2.41 bits per heavy atom. The predicted molar refractivity (Wildman–Crippen MR) is 115 cm³/mol. The van der Waals surface area contributed by atoms with Crippen molar-refractivity contribution in [3.05, 3.63) is 58.0 Å². The Hall–Kier alpha value is -2.71. The summed E-state index contributed by atoms with van der Waals surface area (Å²) in [4.78, 5) is 45.3. The van der Waals surface area contributed by atoms with Gasteiger partial charge in [-0.3, -0.25) is 19.3 Å². The fourth-order valence-corrected chi connectivity index (χ4v) is 5.76. The van der Waals surface area contributed by atoms with Crippen LogP contribution in [0.4, 0.5) is 10.2 Å². The van der Waals surface area contributed by atoms with Gasteiger partial charge >= 0.3 is 0 Å². The number of hydrogen-bond acceptors (Lipinski definition) is 4. The van der Waals surface area contributed by atoms with Gasteiger partial charge in [0.05, 0.1) is 10.4 Å². The first-order valence-electron chi connectivity index (χ1n) is 10.1. The van der Waals surface area contributed by atoms with Crippen LogP contribution in [0, 0.1) is 16.6 Å². The van der Waals surface area contributed by atoms with Gasteiger partial charge in [0.2, 0.25) is 11.8 Å². The van der Waals surface area contributed by atoms with Gasteiger partial charge in [-0.25, -0.2) is 9.37 Å². The molecule has 0 radical (unpaired) electrons. The van der Waals surface area contributed by atoms with Gasteiger partial charge in [-0.1, -0.05) is 35.3 Å². The topological polar surface area (TPSA) is 96.6 Å². The Balaban J connectivity index is 1.50. The van der Waals surface area contributed by atoms with E-state index in [1.807, 2.05) is 0 Å². The summed E-state index contributed by atoms with van der Waals surface area (Å²) < 4.78 is 14.6. The van der Waals surface area contributed by atoms with E-state index in [9.17, 15) is 18.8 Å². The lowest BCUT2D eigenvalue weighted by Crippen LogP contribution is -2.78. The molecule has 2 N–H and O–H groups in total. The first-order valence-corrected chi connectivity index (χ1v) is 10.9. The number of pyridine rings is 1. The molecule has 7 nitrogen and oxygen atoms in total. The fraction of sp³-hybridized carbons (Fsp3) is 0.364. The van der Waals surface area contributed by atoms with Gasteiger partial charge in [0.1, 0.15) is 12.6 Å². The Morgan fingerprint density at radius 2 is 1.81 bits per heavy atom. The van der Waals surface area contributed by atoms with Gasteiger partial charge in [0.25, 0.3) is 5.91 Å². The van der Waals surface area contributed by atoms with Crippen molar-refractivity contribution in [2.45, 2.75) is 31.8 Å². The summed E-state index contributed by atoms with van der Waals surface area (Å²) in [5.41, 5.74) is 5.18. The number of aromatic nitrogens is 1. The monoisotopic (exact) mass is 476 g/mol. The smallest absolute Gasteiger partial charge is 0.252 e. The summed E-state index contributed by atoms with van der Waals surface area (Å²) in [5, 5.41) is 0.649. The highest BCUT2D eigenvalue weighted by Crippen LogP contribution is 2.75. The summed E-state index contributed by atoms with van der Waals surface area (Å²) in [7, 11) is 0. The number of rotatable bonds is 5. The van der Waals surface area contributed by atoms with Crippen LogP contribution in [0.3, 0.4) is 0 Å². The van der Waals surface area contributed by atoms with Crippen LogP contribution < -0.4 is 10.6 Å². The third kappa shape index (κ3) is 3.08. The maximum Gasteiger partial charge on any atom is 0.252 e. The lowest BCUT2D eigenvalue weighted by Gasteiger charge is -2.72. The molecule has 32 heavy (non-hydrogen) atoms. The molecular formula is C22H19Cl2FN4O3. The van der Waals surface area contributed by atoms with Crippen LogP contribution >= 0.6 is 23.2 Å². The first kappa shape index (κ1) is 21.2. The van der Waals surface area contributed by atoms with Crippen molar-refractivity contribution in [1.29, 1.82) is 0 Å². The maximum atomic E-state index is 14.6. The Kier molecular flexibility index (Phi) is 4.73. The standard InChI is InChI=1S/C22H19Cl2FN4O3/c23-13-3-1-12(2-4-13)7-28-16(30)8-29(18-15(25)5-14(24)6-27-18)19(31)17(28)21-9-22(10-21,11-21)20(26)32/h1-6,17H,7-11H2,(H2,26,32)/t17-,21?,22?/m0/s1. The molecule has 1 aromatic carbocycles. The van der Waals surface area contributed by atoms with Crippen molar-refractivity contribution in [2.75, 3.05) is 11.4 Å². The lowest BCUT2D eigenvalue weighted by molar-refractivity contribution is -0.231. The van der Waals surface area contributed by atoms with E-state index in [1.165, 1.54) is 11.1 Å². The number of anilines is 1. The van der Waals surface area contributed by atoms with Crippen molar-refractivity contribution in [1.82, 2.24) is 9.88 Å². The summed E-state index contributed by atoms with van der Waals surface area (Å²) in [6.07, 6.45) is 2.53.